The van der Waals surface area contributed by atoms with Crippen molar-refractivity contribution in [3.8, 4) is 0 Å². The third kappa shape index (κ3) is 5.46. The van der Waals surface area contributed by atoms with Crippen LogP contribution in [-0.4, -0.2) is 54.9 Å². The van der Waals surface area contributed by atoms with E-state index >= 15 is 0 Å². The fourth-order valence-electron chi connectivity index (χ4n) is 2.15. The molecule has 2 amide bonds. The van der Waals surface area contributed by atoms with Gasteiger partial charge in [-0.05, 0) is 17.8 Å². The smallest absolute Gasteiger partial charge is 0.329 e. The van der Waals surface area contributed by atoms with Gasteiger partial charge in [0.15, 0.2) is 0 Å². The molecule has 1 rings (SSSR count). The Morgan fingerprint density at radius 1 is 1.42 bits per heavy atom. The Balaban J connectivity index is 2.19. The molecule has 1 saturated heterocycles. The average molecular weight is 272 g/mol. The molecule has 19 heavy (non-hydrogen) atoms. The second-order valence-electron chi connectivity index (χ2n) is 5.98. The van der Waals surface area contributed by atoms with Gasteiger partial charge in [0.1, 0.15) is 6.61 Å². The molecule has 1 atom stereocenters. The first kappa shape index (κ1) is 15.8. The first-order valence-electron chi connectivity index (χ1n) is 6.63. The van der Waals surface area contributed by atoms with Gasteiger partial charge < -0.3 is 20.1 Å². The average Bonchev–Trinajstić information content (AvgIpc) is 2.76. The van der Waals surface area contributed by atoms with E-state index in [2.05, 4.69) is 26.1 Å². The highest BCUT2D eigenvalue weighted by Crippen LogP contribution is 2.33. The lowest BCUT2D eigenvalue weighted by Crippen LogP contribution is -2.40. The Hall–Kier alpha value is -1.30. The van der Waals surface area contributed by atoms with Crippen LogP contribution in [0.4, 0.5) is 4.79 Å². The van der Waals surface area contributed by atoms with Gasteiger partial charge in [-0.2, -0.15) is 0 Å². The summed E-state index contributed by atoms with van der Waals surface area (Å²) < 4.78 is 4.85. The molecule has 0 spiro atoms. The summed E-state index contributed by atoms with van der Waals surface area (Å²) in [6.07, 6.45) is 1.03. The molecule has 0 bridgehead atoms. The molecule has 1 fully saturated rings. The lowest BCUT2D eigenvalue weighted by Gasteiger charge is -2.27. The van der Waals surface area contributed by atoms with Crippen molar-refractivity contribution in [2.45, 2.75) is 27.2 Å². The molecule has 1 aliphatic rings. The minimum atomic E-state index is -1.00. The summed E-state index contributed by atoms with van der Waals surface area (Å²) in [5, 5.41) is 11.1. The zero-order valence-electron chi connectivity index (χ0n) is 11.9. The van der Waals surface area contributed by atoms with E-state index in [0.717, 1.165) is 19.5 Å². The lowest BCUT2D eigenvalue weighted by molar-refractivity contribution is -0.142. The van der Waals surface area contributed by atoms with Gasteiger partial charge >= 0.3 is 12.0 Å². The molecule has 0 saturated carbocycles. The van der Waals surface area contributed by atoms with Gasteiger partial charge in [0, 0.05) is 19.6 Å². The highest BCUT2D eigenvalue weighted by Gasteiger charge is 2.33. The molecule has 6 heteroatoms. The fraction of sp³-hybridized carbons (Fsp3) is 0.846. The number of urea groups is 1. The number of ether oxygens (including phenoxy) is 1. The Morgan fingerprint density at radius 3 is 2.63 bits per heavy atom. The van der Waals surface area contributed by atoms with Crippen molar-refractivity contribution < 1.29 is 19.4 Å². The summed E-state index contributed by atoms with van der Waals surface area (Å²) in [5.74, 6) is -0.472. The predicted octanol–water partition coefficient (Wildman–Crippen LogP) is 1.17. The Bertz CT molecular complexity index is 325. The van der Waals surface area contributed by atoms with Crippen LogP contribution in [0.25, 0.3) is 0 Å². The number of likely N-dealkylation sites (tertiary alicyclic amines) is 1. The second kappa shape index (κ2) is 6.75. The quantitative estimate of drug-likeness (QED) is 0.736. The molecular formula is C13H24N2O4. The van der Waals surface area contributed by atoms with Crippen LogP contribution in [0.3, 0.4) is 0 Å². The summed E-state index contributed by atoms with van der Waals surface area (Å²) in [5.41, 5.74) is 0.222. The van der Waals surface area contributed by atoms with Crippen molar-refractivity contribution in [3.63, 3.8) is 0 Å². The normalized spacial score (nSPS) is 19.5. The molecule has 0 aromatic carbocycles. The van der Waals surface area contributed by atoms with Crippen LogP contribution in [0.2, 0.25) is 0 Å². The number of aliphatic carboxylic acids is 1. The standard InChI is InChI=1S/C13H24N2O4/c1-13(2,3)10-4-6-15(8-10)12(18)14-5-7-19-9-11(16)17/h10H,4-9H2,1-3H3,(H,14,18)(H,16,17). The molecule has 2 N–H and O–H groups in total. The van der Waals surface area contributed by atoms with Gasteiger partial charge in [-0.1, -0.05) is 20.8 Å². The number of carbonyl (C=O) groups is 2. The summed E-state index contributed by atoms with van der Waals surface area (Å²) in [4.78, 5) is 23.9. The second-order valence-corrected chi connectivity index (χ2v) is 5.98. The van der Waals surface area contributed by atoms with Crippen molar-refractivity contribution in [1.82, 2.24) is 10.2 Å². The monoisotopic (exact) mass is 272 g/mol. The highest BCUT2D eigenvalue weighted by atomic mass is 16.5. The SMILES string of the molecule is CC(C)(C)C1CCN(C(=O)NCCOCC(=O)O)C1. The molecule has 1 heterocycles. The van der Waals surface area contributed by atoms with E-state index in [1.165, 1.54) is 0 Å². The molecule has 0 radical (unpaired) electrons. The van der Waals surface area contributed by atoms with Crippen molar-refractivity contribution in [3.05, 3.63) is 0 Å². The van der Waals surface area contributed by atoms with Gasteiger partial charge in [-0.25, -0.2) is 9.59 Å². The molecule has 6 nitrogen and oxygen atoms in total. The van der Waals surface area contributed by atoms with Gasteiger partial charge in [0.05, 0.1) is 6.61 Å². The number of hydrogen-bond acceptors (Lipinski definition) is 3. The molecule has 1 unspecified atom stereocenters. The highest BCUT2D eigenvalue weighted by molar-refractivity contribution is 5.74. The molecular weight excluding hydrogens is 248 g/mol. The maximum absolute atomic E-state index is 11.9. The van der Waals surface area contributed by atoms with Crippen LogP contribution in [0.5, 0.6) is 0 Å². The summed E-state index contributed by atoms with van der Waals surface area (Å²) in [7, 11) is 0. The summed E-state index contributed by atoms with van der Waals surface area (Å²) in [6, 6.07) is -0.0920. The Kier molecular flexibility index (Phi) is 5.60. The molecule has 1 aliphatic heterocycles. The molecule has 0 aromatic rings. The Morgan fingerprint density at radius 2 is 2.11 bits per heavy atom. The number of rotatable bonds is 5. The van der Waals surface area contributed by atoms with E-state index in [0.29, 0.717) is 12.5 Å². The number of carbonyl (C=O) groups excluding carboxylic acids is 1. The van der Waals surface area contributed by atoms with Gasteiger partial charge in [-0.15, -0.1) is 0 Å². The number of carboxylic acids is 1. The Labute approximate surface area is 114 Å². The number of amides is 2. The molecule has 0 aliphatic carbocycles. The number of hydrogen-bond donors (Lipinski definition) is 2. The lowest BCUT2D eigenvalue weighted by atomic mass is 9.80. The van der Waals surface area contributed by atoms with E-state index in [-0.39, 0.29) is 24.7 Å². The van der Waals surface area contributed by atoms with Crippen molar-refractivity contribution in [2.75, 3.05) is 32.8 Å². The van der Waals surface area contributed by atoms with Crippen LogP contribution >= 0.6 is 0 Å². The van der Waals surface area contributed by atoms with Gasteiger partial charge in [-0.3, -0.25) is 0 Å². The van der Waals surface area contributed by atoms with E-state index < -0.39 is 5.97 Å². The largest absolute Gasteiger partial charge is 0.480 e. The van der Waals surface area contributed by atoms with Crippen LogP contribution in [-0.2, 0) is 9.53 Å². The fourth-order valence-corrected chi connectivity index (χ4v) is 2.15. The predicted molar refractivity (Wildman–Crippen MR) is 71.0 cm³/mol. The van der Waals surface area contributed by atoms with Crippen LogP contribution in [0, 0.1) is 11.3 Å². The van der Waals surface area contributed by atoms with Crippen molar-refractivity contribution >= 4 is 12.0 Å². The third-order valence-electron chi connectivity index (χ3n) is 3.45. The minimum Gasteiger partial charge on any atom is -0.480 e. The summed E-state index contributed by atoms with van der Waals surface area (Å²) in [6.45, 7) is 8.37. The number of nitrogens with one attached hydrogen (secondary N) is 1. The van der Waals surface area contributed by atoms with E-state index in [4.69, 9.17) is 9.84 Å². The van der Waals surface area contributed by atoms with Crippen LogP contribution in [0.1, 0.15) is 27.2 Å². The van der Waals surface area contributed by atoms with Crippen molar-refractivity contribution in [2.24, 2.45) is 11.3 Å². The maximum atomic E-state index is 11.9. The zero-order chi connectivity index (χ0) is 14.5. The zero-order valence-corrected chi connectivity index (χ0v) is 11.9. The first-order chi connectivity index (χ1) is 8.80. The third-order valence-corrected chi connectivity index (χ3v) is 3.45. The molecule has 110 valence electrons. The van der Waals surface area contributed by atoms with Crippen LogP contribution < -0.4 is 5.32 Å². The van der Waals surface area contributed by atoms with Crippen molar-refractivity contribution in [1.29, 1.82) is 0 Å². The molecule has 0 aromatic heterocycles. The van der Waals surface area contributed by atoms with E-state index in [1.54, 1.807) is 0 Å². The van der Waals surface area contributed by atoms with E-state index in [1.807, 2.05) is 4.90 Å². The summed E-state index contributed by atoms with van der Waals surface area (Å²) >= 11 is 0. The minimum absolute atomic E-state index is 0.0920. The van der Waals surface area contributed by atoms with Gasteiger partial charge in [0.2, 0.25) is 0 Å². The van der Waals surface area contributed by atoms with Gasteiger partial charge in [0.25, 0.3) is 0 Å². The maximum Gasteiger partial charge on any atom is 0.329 e. The van der Waals surface area contributed by atoms with E-state index in [9.17, 15) is 9.59 Å². The number of nitrogens with zero attached hydrogens (tertiary/aromatic N) is 1. The van der Waals surface area contributed by atoms with Crippen LogP contribution in [0.15, 0.2) is 0 Å². The number of carboxylic acid groups (broad SMARTS) is 1. The first-order valence-corrected chi connectivity index (χ1v) is 6.63. The topological polar surface area (TPSA) is 78.9 Å².